The molecule has 1 fully saturated rings. The average molecular weight is 394 g/mol. The van der Waals surface area contributed by atoms with E-state index in [4.69, 9.17) is 0 Å². The van der Waals surface area contributed by atoms with Gasteiger partial charge in [0, 0.05) is 51.0 Å². The van der Waals surface area contributed by atoms with Gasteiger partial charge in [-0.05, 0) is 29.7 Å². The Kier molecular flexibility index (Phi) is 5.97. The highest BCUT2D eigenvalue weighted by molar-refractivity contribution is 5.94. The summed E-state index contributed by atoms with van der Waals surface area (Å²) >= 11 is 0. The van der Waals surface area contributed by atoms with Crippen molar-refractivity contribution in [1.82, 2.24) is 9.80 Å². The standard InChI is InChI=1S/C20H21F2N3O.ClH/c21-16-4-5-17(18(22)12-16)20(26)25-10-8-24(9-11-25)13-15-3-1-2-14-6-7-23-19(14)15;/h1-5,12,23H,6-11,13H2;1H. The summed E-state index contributed by atoms with van der Waals surface area (Å²) in [5, 5.41) is 3.45. The van der Waals surface area contributed by atoms with Crippen molar-refractivity contribution in [3.8, 4) is 0 Å². The summed E-state index contributed by atoms with van der Waals surface area (Å²) in [4.78, 5) is 16.4. The fourth-order valence-electron chi connectivity index (χ4n) is 3.73. The minimum atomic E-state index is -0.802. The maximum atomic E-state index is 13.8. The number of carbonyl (C=O) groups is 1. The summed E-state index contributed by atoms with van der Waals surface area (Å²) in [6, 6.07) is 9.49. The van der Waals surface area contributed by atoms with Crippen LogP contribution in [0.15, 0.2) is 36.4 Å². The lowest BCUT2D eigenvalue weighted by atomic mass is 10.1. The van der Waals surface area contributed by atoms with E-state index in [1.807, 2.05) is 0 Å². The van der Waals surface area contributed by atoms with Crippen molar-refractivity contribution in [3.05, 3.63) is 64.7 Å². The first-order chi connectivity index (χ1) is 12.6. The largest absolute Gasteiger partial charge is 0.384 e. The Labute approximate surface area is 163 Å². The Balaban J connectivity index is 0.00000210. The molecule has 2 aliphatic rings. The van der Waals surface area contributed by atoms with Gasteiger partial charge in [-0.15, -0.1) is 12.4 Å². The van der Waals surface area contributed by atoms with Crippen LogP contribution in [0.3, 0.4) is 0 Å². The Morgan fingerprint density at radius 3 is 2.59 bits per heavy atom. The normalized spacial score (nSPS) is 16.4. The number of hydrogen-bond acceptors (Lipinski definition) is 3. The molecule has 0 spiro atoms. The molecule has 1 amide bonds. The topological polar surface area (TPSA) is 35.6 Å². The van der Waals surface area contributed by atoms with Crippen LogP contribution in [0.4, 0.5) is 14.5 Å². The predicted molar refractivity (Wildman–Crippen MR) is 103 cm³/mol. The van der Waals surface area contributed by atoms with Crippen LogP contribution in [0, 0.1) is 11.6 Å². The minimum absolute atomic E-state index is 0. The minimum Gasteiger partial charge on any atom is -0.384 e. The number of benzene rings is 2. The number of anilines is 1. The SMILES string of the molecule is Cl.O=C(c1ccc(F)cc1F)N1CCN(Cc2cccc3c2NCC3)CC1. The molecule has 0 aliphatic carbocycles. The zero-order valence-corrected chi connectivity index (χ0v) is 15.7. The van der Waals surface area contributed by atoms with E-state index in [0.29, 0.717) is 13.1 Å². The van der Waals surface area contributed by atoms with Gasteiger partial charge in [-0.1, -0.05) is 18.2 Å². The van der Waals surface area contributed by atoms with E-state index in [9.17, 15) is 13.6 Å². The molecular weight excluding hydrogens is 372 g/mol. The number of rotatable bonds is 3. The number of nitrogens with zero attached hydrogens (tertiary/aromatic N) is 2. The zero-order chi connectivity index (χ0) is 18.1. The van der Waals surface area contributed by atoms with Crippen LogP contribution in [-0.2, 0) is 13.0 Å². The summed E-state index contributed by atoms with van der Waals surface area (Å²) in [6.07, 6.45) is 1.06. The van der Waals surface area contributed by atoms with Crippen LogP contribution in [0.5, 0.6) is 0 Å². The number of nitrogens with one attached hydrogen (secondary N) is 1. The van der Waals surface area contributed by atoms with E-state index in [1.165, 1.54) is 22.9 Å². The van der Waals surface area contributed by atoms with E-state index in [-0.39, 0.29) is 23.9 Å². The van der Waals surface area contributed by atoms with Crippen molar-refractivity contribution in [2.45, 2.75) is 13.0 Å². The van der Waals surface area contributed by atoms with Crippen LogP contribution < -0.4 is 5.32 Å². The van der Waals surface area contributed by atoms with Crippen LogP contribution in [-0.4, -0.2) is 48.4 Å². The summed E-state index contributed by atoms with van der Waals surface area (Å²) in [5.74, 6) is -1.85. The number of carbonyl (C=O) groups excluding carboxylic acids is 1. The molecule has 7 heteroatoms. The molecule has 144 valence electrons. The number of halogens is 3. The second-order valence-electron chi connectivity index (χ2n) is 6.82. The van der Waals surface area contributed by atoms with Gasteiger partial charge in [0.05, 0.1) is 5.56 Å². The van der Waals surface area contributed by atoms with Gasteiger partial charge in [0.15, 0.2) is 0 Å². The van der Waals surface area contributed by atoms with Gasteiger partial charge < -0.3 is 10.2 Å². The molecule has 0 aromatic heterocycles. The second kappa shape index (κ2) is 8.23. The summed E-state index contributed by atoms with van der Waals surface area (Å²) < 4.78 is 26.9. The summed E-state index contributed by atoms with van der Waals surface area (Å²) in [6.45, 7) is 4.37. The molecule has 1 N–H and O–H groups in total. The Bertz CT molecular complexity index is 838. The molecule has 27 heavy (non-hydrogen) atoms. The van der Waals surface area contributed by atoms with Crippen molar-refractivity contribution < 1.29 is 13.6 Å². The van der Waals surface area contributed by atoms with Gasteiger partial charge in [0.25, 0.3) is 5.91 Å². The lowest BCUT2D eigenvalue weighted by Crippen LogP contribution is -2.48. The first-order valence-electron chi connectivity index (χ1n) is 8.93. The van der Waals surface area contributed by atoms with Crippen molar-refractivity contribution in [1.29, 1.82) is 0 Å². The third-order valence-electron chi connectivity index (χ3n) is 5.15. The maximum absolute atomic E-state index is 13.8. The molecule has 1 saturated heterocycles. The van der Waals surface area contributed by atoms with Crippen molar-refractivity contribution in [3.63, 3.8) is 0 Å². The van der Waals surface area contributed by atoms with Gasteiger partial charge in [0.2, 0.25) is 0 Å². The zero-order valence-electron chi connectivity index (χ0n) is 14.9. The highest BCUT2D eigenvalue weighted by atomic mass is 35.5. The van der Waals surface area contributed by atoms with Crippen molar-refractivity contribution in [2.75, 3.05) is 38.0 Å². The molecule has 4 nitrogen and oxygen atoms in total. The number of amides is 1. The molecule has 2 heterocycles. The summed E-state index contributed by atoms with van der Waals surface area (Å²) in [7, 11) is 0. The first kappa shape index (κ1) is 19.6. The fraction of sp³-hybridized carbons (Fsp3) is 0.350. The molecule has 0 bridgehead atoms. The Morgan fingerprint density at radius 2 is 1.85 bits per heavy atom. The molecule has 0 unspecified atom stereocenters. The van der Waals surface area contributed by atoms with Gasteiger partial charge in [-0.3, -0.25) is 9.69 Å². The van der Waals surface area contributed by atoms with Crippen molar-refractivity contribution >= 4 is 24.0 Å². The maximum Gasteiger partial charge on any atom is 0.256 e. The lowest BCUT2D eigenvalue weighted by molar-refractivity contribution is 0.0624. The van der Waals surface area contributed by atoms with Crippen LogP contribution in [0.2, 0.25) is 0 Å². The first-order valence-corrected chi connectivity index (χ1v) is 8.93. The van der Waals surface area contributed by atoms with Crippen molar-refractivity contribution in [2.24, 2.45) is 0 Å². The number of fused-ring (bicyclic) bond motifs is 1. The van der Waals surface area contributed by atoms with Crippen LogP contribution >= 0.6 is 12.4 Å². The monoisotopic (exact) mass is 393 g/mol. The lowest BCUT2D eigenvalue weighted by Gasteiger charge is -2.35. The third kappa shape index (κ3) is 4.06. The predicted octanol–water partition coefficient (Wildman–Crippen LogP) is 3.31. The smallest absolute Gasteiger partial charge is 0.256 e. The molecule has 2 aromatic rings. The number of hydrogen-bond donors (Lipinski definition) is 1. The van der Waals surface area contributed by atoms with Crippen LogP contribution in [0.25, 0.3) is 0 Å². The van der Waals surface area contributed by atoms with E-state index in [2.05, 4.69) is 28.4 Å². The molecule has 2 aromatic carbocycles. The molecular formula is C20H22ClF2N3O. The van der Waals surface area contributed by atoms with Crippen LogP contribution in [0.1, 0.15) is 21.5 Å². The second-order valence-corrected chi connectivity index (χ2v) is 6.82. The average Bonchev–Trinajstić information content (AvgIpc) is 3.12. The molecule has 0 atom stereocenters. The number of para-hydroxylation sites is 1. The highest BCUT2D eigenvalue weighted by Crippen LogP contribution is 2.27. The van der Waals surface area contributed by atoms with E-state index in [0.717, 1.165) is 44.7 Å². The Morgan fingerprint density at radius 1 is 1.07 bits per heavy atom. The molecule has 0 saturated carbocycles. The fourth-order valence-corrected chi connectivity index (χ4v) is 3.73. The van der Waals surface area contributed by atoms with Gasteiger partial charge in [0.1, 0.15) is 11.6 Å². The van der Waals surface area contributed by atoms with Gasteiger partial charge in [-0.2, -0.15) is 0 Å². The van der Waals surface area contributed by atoms with Gasteiger partial charge >= 0.3 is 0 Å². The molecule has 4 rings (SSSR count). The molecule has 0 radical (unpaired) electrons. The van der Waals surface area contributed by atoms with E-state index in [1.54, 1.807) is 4.90 Å². The van der Waals surface area contributed by atoms with Gasteiger partial charge in [-0.25, -0.2) is 8.78 Å². The van der Waals surface area contributed by atoms with E-state index >= 15 is 0 Å². The summed E-state index contributed by atoms with van der Waals surface area (Å²) in [5.41, 5.74) is 3.83. The van der Waals surface area contributed by atoms with E-state index < -0.39 is 11.6 Å². The Hall–Kier alpha value is -2.18. The highest BCUT2D eigenvalue weighted by Gasteiger charge is 2.25. The third-order valence-corrected chi connectivity index (χ3v) is 5.15. The molecule has 2 aliphatic heterocycles. The number of piperazine rings is 1. The quantitative estimate of drug-likeness (QED) is 0.869.